The molecule has 0 aliphatic rings. The molecule has 58 valence electrons. The zero-order chi connectivity index (χ0) is 8.43. The first-order chi connectivity index (χ1) is 5.11. The first-order valence-corrected chi connectivity index (χ1v) is 3.42. The third-order valence-corrected chi connectivity index (χ3v) is 1.51. The highest BCUT2D eigenvalue weighted by Gasteiger charge is 2.05. The fourth-order valence-corrected chi connectivity index (χ4v) is 0.902. The number of aryl methyl sites for hydroxylation is 1. The third-order valence-electron chi connectivity index (χ3n) is 1.30. The number of aromatic nitrogens is 1. The van der Waals surface area contributed by atoms with Crippen molar-refractivity contribution in [3.63, 3.8) is 0 Å². The van der Waals surface area contributed by atoms with Crippen LogP contribution in [-0.4, -0.2) is 10.9 Å². The predicted molar refractivity (Wildman–Crippen MR) is 42.5 cm³/mol. The summed E-state index contributed by atoms with van der Waals surface area (Å²) < 4.78 is 0. The SMILES string of the molecule is Cc1ccc(Cl)nc1C(N)=O. The number of carbonyl (C=O) groups is 1. The van der Waals surface area contributed by atoms with E-state index in [0.29, 0.717) is 0 Å². The van der Waals surface area contributed by atoms with Crippen LogP contribution in [0.1, 0.15) is 16.1 Å². The van der Waals surface area contributed by atoms with Gasteiger partial charge in [0, 0.05) is 0 Å². The molecule has 0 bridgehead atoms. The molecular weight excluding hydrogens is 164 g/mol. The van der Waals surface area contributed by atoms with Gasteiger partial charge in [0.25, 0.3) is 5.91 Å². The Morgan fingerprint density at radius 3 is 2.73 bits per heavy atom. The van der Waals surface area contributed by atoms with Gasteiger partial charge in [-0.3, -0.25) is 4.79 Å². The number of halogens is 1. The summed E-state index contributed by atoms with van der Waals surface area (Å²) in [5.74, 6) is -0.551. The summed E-state index contributed by atoms with van der Waals surface area (Å²) >= 11 is 5.54. The van der Waals surface area contributed by atoms with Crippen molar-refractivity contribution < 1.29 is 4.79 Å². The molecule has 0 aromatic carbocycles. The molecule has 0 spiro atoms. The van der Waals surface area contributed by atoms with Crippen molar-refractivity contribution in [1.82, 2.24) is 4.98 Å². The van der Waals surface area contributed by atoms with Gasteiger partial charge in [0.15, 0.2) is 0 Å². The van der Waals surface area contributed by atoms with E-state index >= 15 is 0 Å². The number of pyridine rings is 1. The van der Waals surface area contributed by atoms with E-state index < -0.39 is 5.91 Å². The lowest BCUT2D eigenvalue weighted by Gasteiger charge is -1.98. The first-order valence-electron chi connectivity index (χ1n) is 3.04. The van der Waals surface area contributed by atoms with Crippen molar-refractivity contribution in [2.24, 2.45) is 5.73 Å². The van der Waals surface area contributed by atoms with Crippen molar-refractivity contribution in [3.8, 4) is 0 Å². The minimum atomic E-state index is -0.551. The van der Waals surface area contributed by atoms with Gasteiger partial charge in [-0.05, 0) is 18.6 Å². The van der Waals surface area contributed by atoms with Gasteiger partial charge in [0.1, 0.15) is 10.8 Å². The summed E-state index contributed by atoms with van der Waals surface area (Å²) in [5, 5.41) is 0.282. The Hall–Kier alpha value is -1.09. The molecule has 0 saturated heterocycles. The molecule has 0 radical (unpaired) electrons. The molecule has 4 heteroatoms. The Kier molecular flexibility index (Phi) is 2.10. The maximum Gasteiger partial charge on any atom is 0.267 e. The molecule has 0 aliphatic heterocycles. The van der Waals surface area contributed by atoms with Gasteiger partial charge < -0.3 is 5.73 Å². The highest BCUT2D eigenvalue weighted by molar-refractivity contribution is 6.29. The molecule has 1 rings (SSSR count). The highest BCUT2D eigenvalue weighted by atomic mass is 35.5. The average Bonchev–Trinajstić information content (AvgIpc) is 1.94. The second kappa shape index (κ2) is 2.88. The first kappa shape index (κ1) is 8.01. The van der Waals surface area contributed by atoms with E-state index in [2.05, 4.69) is 4.98 Å². The zero-order valence-electron chi connectivity index (χ0n) is 5.97. The number of rotatable bonds is 1. The molecule has 0 fully saturated rings. The van der Waals surface area contributed by atoms with Gasteiger partial charge in [-0.25, -0.2) is 4.98 Å². The number of hydrogen-bond donors (Lipinski definition) is 1. The normalized spacial score (nSPS) is 9.64. The largest absolute Gasteiger partial charge is 0.364 e. The second-order valence-electron chi connectivity index (χ2n) is 2.16. The van der Waals surface area contributed by atoms with E-state index in [0.717, 1.165) is 5.56 Å². The summed E-state index contributed by atoms with van der Waals surface area (Å²) in [6.45, 7) is 1.75. The maximum absolute atomic E-state index is 10.7. The van der Waals surface area contributed by atoms with Crippen molar-refractivity contribution in [2.45, 2.75) is 6.92 Å². The van der Waals surface area contributed by atoms with Gasteiger partial charge in [-0.15, -0.1) is 0 Å². The maximum atomic E-state index is 10.7. The second-order valence-corrected chi connectivity index (χ2v) is 2.55. The van der Waals surface area contributed by atoms with Gasteiger partial charge in [-0.2, -0.15) is 0 Å². The smallest absolute Gasteiger partial charge is 0.267 e. The Balaban J connectivity index is 3.23. The van der Waals surface area contributed by atoms with Crippen LogP contribution in [0, 0.1) is 6.92 Å². The molecule has 3 nitrogen and oxygen atoms in total. The van der Waals surface area contributed by atoms with E-state index in [1.807, 2.05) is 0 Å². The summed E-state index contributed by atoms with van der Waals surface area (Å²) in [5.41, 5.74) is 6.00. The Morgan fingerprint density at radius 1 is 1.64 bits per heavy atom. The van der Waals surface area contributed by atoms with Crippen molar-refractivity contribution >= 4 is 17.5 Å². The summed E-state index contributed by atoms with van der Waals surface area (Å²) in [6, 6.07) is 3.32. The minimum Gasteiger partial charge on any atom is -0.364 e. The van der Waals surface area contributed by atoms with Gasteiger partial charge in [-0.1, -0.05) is 17.7 Å². The minimum absolute atomic E-state index is 0.234. The van der Waals surface area contributed by atoms with E-state index in [9.17, 15) is 4.79 Å². The van der Waals surface area contributed by atoms with Gasteiger partial charge in [0.2, 0.25) is 0 Å². The number of primary amides is 1. The molecule has 1 aromatic heterocycles. The number of hydrogen-bond acceptors (Lipinski definition) is 2. The molecule has 0 aliphatic carbocycles. The lowest BCUT2D eigenvalue weighted by molar-refractivity contribution is 0.0995. The molecule has 2 N–H and O–H groups in total. The quantitative estimate of drug-likeness (QED) is 0.643. The molecular formula is C7H7ClN2O. The zero-order valence-corrected chi connectivity index (χ0v) is 6.72. The average molecular weight is 171 g/mol. The fourth-order valence-electron chi connectivity index (χ4n) is 0.754. The number of amides is 1. The molecule has 0 saturated carbocycles. The van der Waals surface area contributed by atoms with Crippen LogP contribution in [0.5, 0.6) is 0 Å². The molecule has 1 aromatic rings. The van der Waals surface area contributed by atoms with Crippen LogP contribution >= 0.6 is 11.6 Å². The topological polar surface area (TPSA) is 56.0 Å². The number of nitrogens with two attached hydrogens (primary N) is 1. The molecule has 0 atom stereocenters. The highest BCUT2D eigenvalue weighted by Crippen LogP contribution is 2.09. The lowest BCUT2D eigenvalue weighted by atomic mass is 10.2. The third kappa shape index (κ3) is 1.68. The predicted octanol–water partition coefficient (Wildman–Crippen LogP) is 1.14. The van der Waals surface area contributed by atoms with Crippen molar-refractivity contribution in [1.29, 1.82) is 0 Å². The molecule has 0 unspecified atom stereocenters. The van der Waals surface area contributed by atoms with Crippen LogP contribution in [0.3, 0.4) is 0 Å². The van der Waals surface area contributed by atoms with E-state index in [1.165, 1.54) is 0 Å². The van der Waals surface area contributed by atoms with E-state index in [1.54, 1.807) is 19.1 Å². The Morgan fingerprint density at radius 2 is 2.27 bits per heavy atom. The monoisotopic (exact) mass is 170 g/mol. The summed E-state index contributed by atoms with van der Waals surface area (Å²) in [7, 11) is 0. The van der Waals surface area contributed by atoms with Crippen LogP contribution in [0.15, 0.2) is 12.1 Å². The van der Waals surface area contributed by atoms with Crippen LogP contribution in [0.4, 0.5) is 0 Å². The van der Waals surface area contributed by atoms with Crippen LogP contribution in [0.25, 0.3) is 0 Å². The molecule has 1 heterocycles. The Bertz CT molecular complexity index is 298. The van der Waals surface area contributed by atoms with E-state index in [-0.39, 0.29) is 10.8 Å². The Labute approximate surface area is 69.2 Å². The summed E-state index contributed by atoms with van der Waals surface area (Å²) in [4.78, 5) is 14.4. The van der Waals surface area contributed by atoms with E-state index in [4.69, 9.17) is 17.3 Å². The lowest BCUT2D eigenvalue weighted by Crippen LogP contribution is -2.14. The standard InChI is InChI=1S/C7H7ClN2O/c1-4-2-3-5(8)10-6(4)7(9)11/h2-3H,1H3,(H2,9,11). The fraction of sp³-hybridized carbons (Fsp3) is 0.143. The van der Waals surface area contributed by atoms with Crippen LogP contribution in [-0.2, 0) is 0 Å². The van der Waals surface area contributed by atoms with Crippen molar-refractivity contribution in [3.05, 3.63) is 28.5 Å². The summed E-state index contributed by atoms with van der Waals surface area (Å²) in [6.07, 6.45) is 0. The van der Waals surface area contributed by atoms with Crippen molar-refractivity contribution in [2.75, 3.05) is 0 Å². The van der Waals surface area contributed by atoms with Crippen LogP contribution < -0.4 is 5.73 Å². The molecule has 11 heavy (non-hydrogen) atoms. The van der Waals surface area contributed by atoms with Crippen LogP contribution in [0.2, 0.25) is 5.15 Å². The number of carbonyl (C=O) groups excluding carboxylic acids is 1. The molecule has 1 amide bonds. The number of nitrogens with zero attached hydrogens (tertiary/aromatic N) is 1. The van der Waals surface area contributed by atoms with Gasteiger partial charge >= 0.3 is 0 Å². The van der Waals surface area contributed by atoms with Gasteiger partial charge in [0.05, 0.1) is 0 Å².